The van der Waals surface area contributed by atoms with Crippen molar-refractivity contribution in [1.82, 2.24) is 10.2 Å². The van der Waals surface area contributed by atoms with Crippen molar-refractivity contribution < 1.29 is 9.59 Å². The van der Waals surface area contributed by atoms with Crippen LogP contribution in [0.15, 0.2) is 78.9 Å². The van der Waals surface area contributed by atoms with Crippen molar-refractivity contribution in [3.05, 3.63) is 95.0 Å². The van der Waals surface area contributed by atoms with Gasteiger partial charge in [-0.05, 0) is 48.5 Å². The van der Waals surface area contributed by atoms with Gasteiger partial charge in [-0.1, -0.05) is 53.3 Å². The Balaban J connectivity index is 1.39. The van der Waals surface area contributed by atoms with Crippen molar-refractivity contribution in [3.8, 4) is 10.6 Å². The SMILES string of the molecule is O=C(Nc1ccc(C(=O)Nc2nnc(-c3ccccc3)s2)cc1)c1ccc(Cl)cc1. The van der Waals surface area contributed by atoms with Crippen LogP contribution in [0.2, 0.25) is 5.02 Å². The van der Waals surface area contributed by atoms with Gasteiger partial charge in [0.2, 0.25) is 5.13 Å². The number of nitrogens with zero attached hydrogens (tertiary/aromatic N) is 2. The largest absolute Gasteiger partial charge is 0.322 e. The molecule has 0 spiro atoms. The van der Waals surface area contributed by atoms with Gasteiger partial charge in [0.15, 0.2) is 0 Å². The van der Waals surface area contributed by atoms with Gasteiger partial charge in [0, 0.05) is 27.4 Å². The molecule has 1 aromatic heterocycles. The highest BCUT2D eigenvalue weighted by atomic mass is 35.5. The number of rotatable bonds is 5. The number of benzene rings is 3. The number of halogens is 1. The second-order valence-electron chi connectivity index (χ2n) is 6.27. The summed E-state index contributed by atoms with van der Waals surface area (Å²) in [6.45, 7) is 0. The molecule has 0 radical (unpaired) electrons. The summed E-state index contributed by atoms with van der Waals surface area (Å²) in [5.74, 6) is -0.562. The zero-order valence-electron chi connectivity index (χ0n) is 15.5. The quantitative estimate of drug-likeness (QED) is 0.442. The van der Waals surface area contributed by atoms with Gasteiger partial charge in [-0.2, -0.15) is 0 Å². The van der Waals surface area contributed by atoms with Crippen molar-refractivity contribution in [1.29, 1.82) is 0 Å². The Labute approximate surface area is 181 Å². The van der Waals surface area contributed by atoms with E-state index in [-0.39, 0.29) is 11.8 Å². The van der Waals surface area contributed by atoms with Crippen LogP contribution in [0.1, 0.15) is 20.7 Å². The lowest BCUT2D eigenvalue weighted by molar-refractivity contribution is 0.102. The highest BCUT2D eigenvalue weighted by molar-refractivity contribution is 7.18. The average molecular weight is 435 g/mol. The number of anilines is 2. The van der Waals surface area contributed by atoms with Crippen LogP contribution in [-0.4, -0.2) is 22.0 Å². The lowest BCUT2D eigenvalue weighted by atomic mass is 10.1. The minimum Gasteiger partial charge on any atom is -0.322 e. The highest BCUT2D eigenvalue weighted by Crippen LogP contribution is 2.26. The van der Waals surface area contributed by atoms with Gasteiger partial charge < -0.3 is 5.32 Å². The molecule has 3 aromatic carbocycles. The molecule has 0 bridgehead atoms. The summed E-state index contributed by atoms with van der Waals surface area (Å²) in [7, 11) is 0. The van der Waals surface area contributed by atoms with Crippen LogP contribution in [0.4, 0.5) is 10.8 Å². The molecule has 8 heteroatoms. The van der Waals surface area contributed by atoms with E-state index < -0.39 is 0 Å². The standard InChI is InChI=1S/C22H15ClN4O2S/c23-17-10-6-14(7-11-17)19(28)24-18-12-8-15(9-13-18)20(29)25-22-27-26-21(30-22)16-4-2-1-3-5-16/h1-13H,(H,24,28)(H,25,27,29). The maximum atomic E-state index is 12.5. The van der Waals surface area contributed by atoms with E-state index >= 15 is 0 Å². The molecule has 0 saturated heterocycles. The van der Waals surface area contributed by atoms with E-state index in [1.54, 1.807) is 48.5 Å². The molecule has 0 atom stereocenters. The maximum absolute atomic E-state index is 12.5. The molecule has 0 fully saturated rings. The third kappa shape index (κ3) is 4.71. The summed E-state index contributed by atoms with van der Waals surface area (Å²) >= 11 is 7.14. The Hall–Kier alpha value is -3.55. The lowest BCUT2D eigenvalue weighted by Crippen LogP contribution is -2.13. The molecule has 0 saturated carbocycles. The van der Waals surface area contributed by atoms with Crippen LogP contribution >= 0.6 is 22.9 Å². The number of amides is 2. The maximum Gasteiger partial charge on any atom is 0.257 e. The third-order valence-electron chi connectivity index (χ3n) is 4.18. The Bertz CT molecular complexity index is 1180. The molecular weight excluding hydrogens is 420 g/mol. The summed E-state index contributed by atoms with van der Waals surface area (Å²) in [6.07, 6.45) is 0. The zero-order chi connectivity index (χ0) is 20.9. The van der Waals surface area contributed by atoms with Gasteiger partial charge in [0.1, 0.15) is 5.01 Å². The fraction of sp³-hybridized carbons (Fsp3) is 0. The van der Waals surface area contributed by atoms with Crippen LogP contribution in [0.25, 0.3) is 10.6 Å². The smallest absolute Gasteiger partial charge is 0.257 e. The van der Waals surface area contributed by atoms with Gasteiger partial charge >= 0.3 is 0 Å². The summed E-state index contributed by atoms with van der Waals surface area (Å²) in [4.78, 5) is 24.7. The van der Waals surface area contributed by atoms with Gasteiger partial charge in [-0.3, -0.25) is 14.9 Å². The molecule has 1 heterocycles. The number of nitrogens with one attached hydrogen (secondary N) is 2. The van der Waals surface area contributed by atoms with Crippen LogP contribution in [0, 0.1) is 0 Å². The summed E-state index contributed by atoms with van der Waals surface area (Å²) < 4.78 is 0. The predicted octanol–water partition coefficient (Wildman–Crippen LogP) is 5.36. The van der Waals surface area contributed by atoms with Crippen LogP contribution in [-0.2, 0) is 0 Å². The van der Waals surface area contributed by atoms with Crippen molar-refractivity contribution >= 4 is 45.6 Å². The molecule has 30 heavy (non-hydrogen) atoms. The average Bonchev–Trinajstić information content (AvgIpc) is 3.24. The van der Waals surface area contributed by atoms with Gasteiger partial charge in [-0.25, -0.2) is 0 Å². The normalized spacial score (nSPS) is 10.4. The Morgan fingerprint density at radius 1 is 0.733 bits per heavy atom. The molecule has 0 unspecified atom stereocenters. The number of aromatic nitrogens is 2. The monoisotopic (exact) mass is 434 g/mol. The predicted molar refractivity (Wildman–Crippen MR) is 119 cm³/mol. The molecule has 148 valence electrons. The van der Waals surface area contributed by atoms with E-state index in [4.69, 9.17) is 11.6 Å². The fourth-order valence-corrected chi connectivity index (χ4v) is 3.52. The molecule has 6 nitrogen and oxygen atoms in total. The van der Waals surface area contributed by atoms with E-state index in [1.165, 1.54) is 11.3 Å². The van der Waals surface area contributed by atoms with E-state index in [1.807, 2.05) is 30.3 Å². The van der Waals surface area contributed by atoms with Crippen molar-refractivity contribution in [2.24, 2.45) is 0 Å². The first-order valence-corrected chi connectivity index (χ1v) is 10.2. The van der Waals surface area contributed by atoms with E-state index in [9.17, 15) is 9.59 Å². The molecular formula is C22H15ClN4O2S. The second-order valence-corrected chi connectivity index (χ2v) is 7.68. The molecule has 0 aliphatic rings. The molecule has 2 amide bonds. The first-order valence-electron chi connectivity index (χ1n) is 8.96. The minimum atomic E-state index is -0.304. The van der Waals surface area contributed by atoms with Crippen LogP contribution in [0.5, 0.6) is 0 Å². The lowest BCUT2D eigenvalue weighted by Gasteiger charge is -2.07. The third-order valence-corrected chi connectivity index (χ3v) is 5.32. The van der Waals surface area contributed by atoms with E-state index in [0.717, 1.165) is 10.6 Å². The zero-order valence-corrected chi connectivity index (χ0v) is 17.1. The number of carbonyl (C=O) groups is 2. The van der Waals surface area contributed by atoms with E-state index in [2.05, 4.69) is 20.8 Å². The van der Waals surface area contributed by atoms with Crippen molar-refractivity contribution in [3.63, 3.8) is 0 Å². The first kappa shape index (κ1) is 19.8. The fourth-order valence-electron chi connectivity index (χ4n) is 2.65. The Kier molecular flexibility index (Phi) is 5.83. The van der Waals surface area contributed by atoms with Crippen molar-refractivity contribution in [2.75, 3.05) is 10.6 Å². The summed E-state index contributed by atoms with van der Waals surface area (Å²) in [5, 5.41) is 15.4. The van der Waals surface area contributed by atoms with Gasteiger partial charge in [0.25, 0.3) is 11.8 Å². The van der Waals surface area contributed by atoms with Crippen LogP contribution in [0.3, 0.4) is 0 Å². The van der Waals surface area contributed by atoms with Crippen LogP contribution < -0.4 is 10.6 Å². The van der Waals surface area contributed by atoms with Crippen molar-refractivity contribution in [2.45, 2.75) is 0 Å². The topological polar surface area (TPSA) is 84.0 Å². The highest BCUT2D eigenvalue weighted by Gasteiger charge is 2.12. The van der Waals surface area contributed by atoms with E-state index in [0.29, 0.717) is 27.0 Å². The first-order chi connectivity index (χ1) is 14.6. The van der Waals surface area contributed by atoms with Gasteiger partial charge in [0.05, 0.1) is 0 Å². The summed E-state index contributed by atoms with van der Waals surface area (Å²) in [5.41, 5.74) is 2.45. The number of carbonyl (C=O) groups excluding carboxylic acids is 2. The Morgan fingerprint density at radius 3 is 2.00 bits per heavy atom. The minimum absolute atomic E-state index is 0.258. The molecule has 2 N–H and O–H groups in total. The number of hydrogen-bond donors (Lipinski definition) is 2. The second kappa shape index (κ2) is 8.86. The summed E-state index contributed by atoms with van der Waals surface area (Å²) in [6, 6.07) is 22.8. The molecule has 4 aromatic rings. The molecule has 4 rings (SSSR count). The molecule has 0 aliphatic heterocycles. The number of hydrogen-bond acceptors (Lipinski definition) is 5. The molecule has 0 aliphatic carbocycles. The van der Waals surface area contributed by atoms with Gasteiger partial charge in [-0.15, -0.1) is 10.2 Å². The Morgan fingerprint density at radius 2 is 1.33 bits per heavy atom.